The normalized spacial score (nSPS) is 11.7. The van der Waals surface area contributed by atoms with Gasteiger partial charge in [-0.3, -0.25) is 4.68 Å². The van der Waals surface area contributed by atoms with Gasteiger partial charge in [0.2, 0.25) is 0 Å². The second kappa shape index (κ2) is 2.73. The van der Waals surface area contributed by atoms with E-state index in [2.05, 4.69) is 5.10 Å². The van der Waals surface area contributed by atoms with Gasteiger partial charge in [0.1, 0.15) is 6.29 Å². The standard InChI is InChI=1S/C9H14N2O/c1-7-5-10-11(4)8(7)9(2,3)6-12/h5-6H,1-4H3. The maximum Gasteiger partial charge on any atom is 0.131 e. The van der Waals surface area contributed by atoms with Crippen molar-refractivity contribution in [3.63, 3.8) is 0 Å². The van der Waals surface area contributed by atoms with Crippen LogP contribution in [0.4, 0.5) is 0 Å². The number of aromatic nitrogens is 2. The Kier molecular flexibility index (Phi) is 2.04. The molecular weight excluding hydrogens is 152 g/mol. The molecule has 0 aliphatic heterocycles. The van der Waals surface area contributed by atoms with Crippen molar-refractivity contribution >= 4 is 6.29 Å². The van der Waals surface area contributed by atoms with Gasteiger partial charge in [0.15, 0.2) is 0 Å². The van der Waals surface area contributed by atoms with Gasteiger partial charge < -0.3 is 4.79 Å². The molecule has 0 N–H and O–H groups in total. The molecule has 0 saturated carbocycles. The van der Waals surface area contributed by atoms with E-state index in [1.165, 1.54) is 0 Å². The minimum absolute atomic E-state index is 0.435. The van der Waals surface area contributed by atoms with Crippen LogP contribution in [-0.2, 0) is 17.3 Å². The number of hydrogen-bond donors (Lipinski definition) is 0. The first kappa shape index (κ1) is 8.97. The fraction of sp³-hybridized carbons (Fsp3) is 0.556. The summed E-state index contributed by atoms with van der Waals surface area (Å²) in [7, 11) is 1.85. The number of aldehydes is 1. The number of aryl methyl sites for hydroxylation is 2. The number of carbonyl (C=O) groups excluding carboxylic acids is 1. The highest BCUT2D eigenvalue weighted by Gasteiger charge is 2.25. The summed E-state index contributed by atoms with van der Waals surface area (Å²) < 4.78 is 1.75. The van der Waals surface area contributed by atoms with E-state index in [4.69, 9.17) is 0 Å². The SMILES string of the molecule is Cc1cnn(C)c1C(C)(C)C=O. The largest absolute Gasteiger partial charge is 0.302 e. The fourth-order valence-corrected chi connectivity index (χ4v) is 1.53. The van der Waals surface area contributed by atoms with Crippen molar-refractivity contribution in [3.05, 3.63) is 17.5 Å². The molecule has 0 unspecified atom stereocenters. The maximum absolute atomic E-state index is 10.8. The van der Waals surface area contributed by atoms with Gasteiger partial charge in [-0.05, 0) is 26.3 Å². The van der Waals surface area contributed by atoms with Crippen molar-refractivity contribution in [2.24, 2.45) is 7.05 Å². The van der Waals surface area contributed by atoms with E-state index in [0.29, 0.717) is 0 Å². The van der Waals surface area contributed by atoms with Gasteiger partial charge in [-0.1, -0.05) is 0 Å². The Morgan fingerprint density at radius 3 is 2.50 bits per heavy atom. The Morgan fingerprint density at radius 1 is 1.58 bits per heavy atom. The molecule has 0 aliphatic carbocycles. The molecule has 1 aromatic rings. The van der Waals surface area contributed by atoms with Gasteiger partial charge in [-0.15, -0.1) is 0 Å². The highest BCUT2D eigenvalue weighted by atomic mass is 16.1. The lowest BCUT2D eigenvalue weighted by Crippen LogP contribution is -2.23. The predicted octanol–water partition coefficient (Wildman–Crippen LogP) is 1.21. The van der Waals surface area contributed by atoms with Crippen molar-refractivity contribution in [2.75, 3.05) is 0 Å². The van der Waals surface area contributed by atoms with Crippen LogP contribution in [0.15, 0.2) is 6.20 Å². The van der Waals surface area contributed by atoms with Crippen molar-refractivity contribution in [1.29, 1.82) is 0 Å². The summed E-state index contributed by atoms with van der Waals surface area (Å²) >= 11 is 0. The van der Waals surface area contributed by atoms with Gasteiger partial charge in [0, 0.05) is 7.05 Å². The Hall–Kier alpha value is -1.12. The highest BCUT2D eigenvalue weighted by Crippen LogP contribution is 2.22. The van der Waals surface area contributed by atoms with Crippen LogP contribution in [0, 0.1) is 6.92 Å². The van der Waals surface area contributed by atoms with Gasteiger partial charge in [-0.25, -0.2) is 0 Å². The summed E-state index contributed by atoms with van der Waals surface area (Å²) in [5.74, 6) is 0. The molecule has 0 amide bonds. The Labute approximate surface area is 72.4 Å². The number of hydrogen-bond acceptors (Lipinski definition) is 2. The second-order valence-electron chi connectivity index (χ2n) is 3.64. The molecule has 12 heavy (non-hydrogen) atoms. The van der Waals surface area contributed by atoms with E-state index in [1.807, 2.05) is 27.8 Å². The summed E-state index contributed by atoms with van der Waals surface area (Å²) in [6.07, 6.45) is 2.73. The lowest BCUT2D eigenvalue weighted by molar-refractivity contribution is -0.111. The van der Waals surface area contributed by atoms with Crippen LogP contribution >= 0.6 is 0 Å². The molecule has 0 spiro atoms. The van der Waals surface area contributed by atoms with E-state index >= 15 is 0 Å². The molecule has 0 radical (unpaired) electrons. The van der Waals surface area contributed by atoms with Crippen molar-refractivity contribution in [2.45, 2.75) is 26.2 Å². The molecule has 1 heterocycles. The van der Waals surface area contributed by atoms with Gasteiger partial charge in [0.05, 0.1) is 17.3 Å². The third-order valence-corrected chi connectivity index (χ3v) is 2.03. The van der Waals surface area contributed by atoms with Crippen LogP contribution in [-0.4, -0.2) is 16.1 Å². The molecule has 0 saturated heterocycles. The van der Waals surface area contributed by atoms with Crippen LogP contribution in [0.5, 0.6) is 0 Å². The van der Waals surface area contributed by atoms with E-state index in [1.54, 1.807) is 10.9 Å². The van der Waals surface area contributed by atoms with E-state index in [0.717, 1.165) is 17.5 Å². The van der Waals surface area contributed by atoms with Crippen LogP contribution in [0.2, 0.25) is 0 Å². The quantitative estimate of drug-likeness (QED) is 0.619. The zero-order valence-corrected chi connectivity index (χ0v) is 7.96. The highest BCUT2D eigenvalue weighted by molar-refractivity contribution is 5.66. The molecule has 0 bridgehead atoms. The van der Waals surface area contributed by atoms with Crippen molar-refractivity contribution < 1.29 is 4.79 Å². The summed E-state index contributed by atoms with van der Waals surface area (Å²) in [5, 5.41) is 4.09. The van der Waals surface area contributed by atoms with E-state index in [9.17, 15) is 4.79 Å². The average molecular weight is 166 g/mol. The second-order valence-corrected chi connectivity index (χ2v) is 3.64. The minimum atomic E-state index is -0.435. The third kappa shape index (κ3) is 1.26. The molecule has 66 valence electrons. The number of carbonyl (C=O) groups is 1. The summed E-state index contributed by atoms with van der Waals surface area (Å²) in [4.78, 5) is 10.8. The smallest absolute Gasteiger partial charge is 0.131 e. The first-order chi connectivity index (χ1) is 5.49. The Morgan fingerprint density at radius 2 is 2.17 bits per heavy atom. The molecule has 0 aliphatic rings. The summed E-state index contributed by atoms with van der Waals surface area (Å²) in [5.41, 5.74) is 1.61. The lowest BCUT2D eigenvalue weighted by atomic mass is 9.89. The molecule has 1 aromatic heterocycles. The summed E-state index contributed by atoms with van der Waals surface area (Å²) in [6.45, 7) is 5.75. The third-order valence-electron chi connectivity index (χ3n) is 2.03. The number of nitrogens with zero attached hydrogens (tertiary/aromatic N) is 2. The van der Waals surface area contributed by atoms with Crippen LogP contribution < -0.4 is 0 Å². The first-order valence-electron chi connectivity index (χ1n) is 3.94. The minimum Gasteiger partial charge on any atom is -0.302 e. The van der Waals surface area contributed by atoms with Gasteiger partial charge >= 0.3 is 0 Å². The Balaban J connectivity index is 3.25. The van der Waals surface area contributed by atoms with Gasteiger partial charge in [0.25, 0.3) is 0 Å². The molecule has 0 atom stereocenters. The topological polar surface area (TPSA) is 34.9 Å². The summed E-state index contributed by atoms with van der Waals surface area (Å²) in [6, 6.07) is 0. The monoisotopic (exact) mass is 166 g/mol. The van der Waals surface area contributed by atoms with Crippen LogP contribution in [0.3, 0.4) is 0 Å². The molecular formula is C9H14N2O. The van der Waals surface area contributed by atoms with Crippen LogP contribution in [0.1, 0.15) is 25.1 Å². The zero-order valence-electron chi connectivity index (χ0n) is 7.96. The van der Waals surface area contributed by atoms with E-state index < -0.39 is 5.41 Å². The lowest BCUT2D eigenvalue weighted by Gasteiger charge is -2.18. The first-order valence-corrected chi connectivity index (χ1v) is 3.94. The molecule has 0 fully saturated rings. The molecule has 3 heteroatoms. The van der Waals surface area contributed by atoms with Crippen LogP contribution in [0.25, 0.3) is 0 Å². The molecule has 1 rings (SSSR count). The molecule has 3 nitrogen and oxygen atoms in total. The van der Waals surface area contributed by atoms with E-state index in [-0.39, 0.29) is 0 Å². The number of rotatable bonds is 2. The fourth-order valence-electron chi connectivity index (χ4n) is 1.53. The molecule has 0 aromatic carbocycles. The van der Waals surface area contributed by atoms with Crippen molar-refractivity contribution in [3.8, 4) is 0 Å². The van der Waals surface area contributed by atoms with Gasteiger partial charge in [-0.2, -0.15) is 5.10 Å². The Bertz CT molecular complexity index is 280. The average Bonchev–Trinajstić information content (AvgIpc) is 2.31. The predicted molar refractivity (Wildman–Crippen MR) is 47.0 cm³/mol. The van der Waals surface area contributed by atoms with Crippen molar-refractivity contribution in [1.82, 2.24) is 9.78 Å². The maximum atomic E-state index is 10.8. The zero-order chi connectivity index (χ0) is 9.35.